The van der Waals surface area contributed by atoms with E-state index in [0.717, 1.165) is 23.4 Å². The second-order valence-corrected chi connectivity index (χ2v) is 8.53. The van der Waals surface area contributed by atoms with Crippen LogP contribution in [-0.2, 0) is 24.2 Å². The van der Waals surface area contributed by atoms with Crippen LogP contribution in [0.4, 0.5) is 5.82 Å². The van der Waals surface area contributed by atoms with Crippen molar-refractivity contribution >= 4 is 11.7 Å². The minimum atomic E-state index is -0.0988. The monoisotopic (exact) mass is 415 g/mol. The Bertz CT molecular complexity index is 1070. The van der Waals surface area contributed by atoms with Gasteiger partial charge in [-0.3, -0.25) is 14.5 Å². The van der Waals surface area contributed by atoms with E-state index in [1.165, 1.54) is 5.56 Å². The molecule has 0 aliphatic heterocycles. The molecule has 1 N–H and O–H groups in total. The maximum absolute atomic E-state index is 12.4. The van der Waals surface area contributed by atoms with Gasteiger partial charge < -0.3 is 5.32 Å². The first-order valence-corrected chi connectivity index (χ1v) is 10.6. The lowest BCUT2D eigenvalue weighted by Crippen LogP contribution is -2.15. The highest BCUT2D eigenvalue weighted by molar-refractivity contribution is 5.91. The van der Waals surface area contributed by atoms with Gasteiger partial charge in [-0.2, -0.15) is 10.4 Å². The Morgan fingerprint density at radius 3 is 2.48 bits per heavy atom. The Morgan fingerprint density at radius 2 is 1.84 bits per heavy atom. The van der Waals surface area contributed by atoms with E-state index < -0.39 is 0 Å². The Morgan fingerprint density at radius 1 is 1.10 bits per heavy atom. The average Bonchev–Trinajstić information content (AvgIpc) is 3.14. The van der Waals surface area contributed by atoms with Gasteiger partial charge in [-0.25, -0.2) is 0 Å². The van der Waals surface area contributed by atoms with Crippen LogP contribution in [0.15, 0.2) is 48.7 Å². The molecule has 0 radical (unpaired) electrons. The summed E-state index contributed by atoms with van der Waals surface area (Å²) in [5.74, 6) is 1.31. The summed E-state index contributed by atoms with van der Waals surface area (Å²) in [6.07, 6.45) is 2.88. The predicted molar refractivity (Wildman–Crippen MR) is 122 cm³/mol. The van der Waals surface area contributed by atoms with Gasteiger partial charge in [-0.15, -0.1) is 0 Å². The molecular weight excluding hydrogens is 386 g/mol. The zero-order valence-electron chi connectivity index (χ0n) is 18.6. The number of hydrogen-bond donors (Lipinski definition) is 1. The lowest BCUT2D eigenvalue weighted by atomic mass is 10.0. The van der Waals surface area contributed by atoms with Gasteiger partial charge in [0.25, 0.3) is 0 Å². The molecule has 0 saturated heterocycles. The summed E-state index contributed by atoms with van der Waals surface area (Å²) < 4.78 is 1.74. The fourth-order valence-corrected chi connectivity index (χ4v) is 3.35. The standard InChI is InChI=1S/C25H29N5O/c1-17(2)13-23-21(15-26)9-10-22(27-23)16-30-12-11-24(29-30)28-25(31)14-19-5-7-20(8-6-19)18(3)4/h5-12,17-18H,13-14,16H2,1-4H3,(H,28,29,31). The number of hydrogen-bond acceptors (Lipinski definition) is 4. The average molecular weight is 416 g/mol. The van der Waals surface area contributed by atoms with Crippen molar-refractivity contribution in [3.63, 3.8) is 0 Å². The zero-order valence-corrected chi connectivity index (χ0v) is 18.6. The normalized spacial score (nSPS) is 11.0. The van der Waals surface area contributed by atoms with Crippen molar-refractivity contribution in [3.8, 4) is 6.07 Å². The van der Waals surface area contributed by atoms with Crippen LogP contribution in [0.3, 0.4) is 0 Å². The molecule has 0 atom stereocenters. The molecule has 3 rings (SSSR count). The van der Waals surface area contributed by atoms with E-state index in [1.54, 1.807) is 10.7 Å². The van der Waals surface area contributed by atoms with Crippen molar-refractivity contribution in [2.45, 2.75) is 53.0 Å². The van der Waals surface area contributed by atoms with Crippen LogP contribution >= 0.6 is 0 Å². The molecule has 160 valence electrons. The molecule has 0 saturated carbocycles. The summed E-state index contributed by atoms with van der Waals surface area (Å²) in [6.45, 7) is 8.99. The van der Waals surface area contributed by atoms with E-state index >= 15 is 0 Å². The second kappa shape index (κ2) is 10.0. The Hall–Kier alpha value is -3.46. The Labute approximate surface area is 183 Å². The van der Waals surface area contributed by atoms with Gasteiger partial charge in [0.05, 0.1) is 29.9 Å². The fraction of sp³-hybridized carbons (Fsp3) is 0.360. The molecular formula is C25H29N5O. The first kappa shape index (κ1) is 22.2. The lowest BCUT2D eigenvalue weighted by molar-refractivity contribution is -0.115. The first-order valence-electron chi connectivity index (χ1n) is 10.6. The van der Waals surface area contributed by atoms with Gasteiger partial charge in [0.1, 0.15) is 6.07 Å². The van der Waals surface area contributed by atoms with Crippen molar-refractivity contribution in [2.24, 2.45) is 5.92 Å². The number of nitriles is 1. The number of carbonyl (C=O) groups excluding carboxylic acids is 1. The summed E-state index contributed by atoms with van der Waals surface area (Å²) in [6, 6.07) is 15.8. The second-order valence-electron chi connectivity index (χ2n) is 8.53. The van der Waals surface area contributed by atoms with Crippen molar-refractivity contribution in [1.29, 1.82) is 5.26 Å². The first-order chi connectivity index (χ1) is 14.8. The summed E-state index contributed by atoms with van der Waals surface area (Å²) in [5.41, 5.74) is 4.50. The molecule has 1 aromatic carbocycles. The number of carbonyl (C=O) groups is 1. The highest BCUT2D eigenvalue weighted by Crippen LogP contribution is 2.16. The van der Waals surface area contributed by atoms with Crippen LogP contribution in [0.1, 0.15) is 61.7 Å². The molecule has 31 heavy (non-hydrogen) atoms. The van der Waals surface area contributed by atoms with E-state index in [4.69, 9.17) is 0 Å². The number of amides is 1. The minimum Gasteiger partial charge on any atom is -0.309 e. The number of rotatable bonds is 8. The zero-order chi connectivity index (χ0) is 22.4. The maximum Gasteiger partial charge on any atom is 0.229 e. The molecule has 0 unspecified atom stereocenters. The topological polar surface area (TPSA) is 83.6 Å². The molecule has 0 bridgehead atoms. The molecule has 2 aromatic heterocycles. The van der Waals surface area contributed by atoms with Gasteiger partial charge in [-0.05, 0) is 41.5 Å². The van der Waals surface area contributed by atoms with Crippen LogP contribution in [-0.4, -0.2) is 20.7 Å². The number of pyridine rings is 1. The lowest BCUT2D eigenvalue weighted by Gasteiger charge is -2.09. The van der Waals surface area contributed by atoms with Gasteiger partial charge in [0, 0.05) is 12.3 Å². The molecule has 1 amide bonds. The summed E-state index contributed by atoms with van der Waals surface area (Å²) in [4.78, 5) is 17.0. The van der Waals surface area contributed by atoms with Crippen molar-refractivity contribution < 1.29 is 4.79 Å². The van der Waals surface area contributed by atoms with E-state index in [9.17, 15) is 10.1 Å². The number of benzene rings is 1. The Kier molecular flexibility index (Phi) is 7.19. The Balaban J connectivity index is 1.61. The van der Waals surface area contributed by atoms with E-state index in [-0.39, 0.29) is 5.91 Å². The van der Waals surface area contributed by atoms with Gasteiger partial charge in [0.15, 0.2) is 5.82 Å². The fourth-order valence-electron chi connectivity index (χ4n) is 3.35. The minimum absolute atomic E-state index is 0.0988. The third kappa shape index (κ3) is 6.26. The molecule has 3 aromatic rings. The SMILES string of the molecule is CC(C)Cc1nc(Cn2ccc(NC(=O)Cc3ccc(C(C)C)cc3)n2)ccc1C#N. The molecule has 0 spiro atoms. The van der Waals surface area contributed by atoms with Crippen LogP contribution in [0.25, 0.3) is 0 Å². The van der Waals surface area contributed by atoms with Gasteiger partial charge in [0.2, 0.25) is 5.91 Å². The third-order valence-electron chi connectivity index (χ3n) is 5.00. The van der Waals surface area contributed by atoms with Crippen molar-refractivity contribution in [2.75, 3.05) is 5.32 Å². The molecule has 0 aliphatic carbocycles. The summed E-state index contributed by atoms with van der Waals surface area (Å²) >= 11 is 0. The summed E-state index contributed by atoms with van der Waals surface area (Å²) in [5, 5.41) is 16.6. The molecule has 6 heteroatoms. The van der Waals surface area contributed by atoms with Gasteiger partial charge in [-0.1, -0.05) is 52.0 Å². The molecule has 2 heterocycles. The number of aromatic nitrogens is 3. The van der Waals surface area contributed by atoms with Crippen LogP contribution in [0.5, 0.6) is 0 Å². The van der Waals surface area contributed by atoms with E-state index in [0.29, 0.717) is 36.2 Å². The van der Waals surface area contributed by atoms with Gasteiger partial charge >= 0.3 is 0 Å². The highest BCUT2D eigenvalue weighted by atomic mass is 16.1. The quantitative estimate of drug-likeness (QED) is 0.578. The van der Waals surface area contributed by atoms with E-state index in [2.05, 4.69) is 61.3 Å². The maximum atomic E-state index is 12.4. The number of nitrogens with zero attached hydrogens (tertiary/aromatic N) is 4. The molecule has 0 aliphatic rings. The number of anilines is 1. The third-order valence-corrected chi connectivity index (χ3v) is 5.00. The highest BCUT2D eigenvalue weighted by Gasteiger charge is 2.10. The van der Waals surface area contributed by atoms with Crippen LogP contribution < -0.4 is 5.32 Å². The summed E-state index contributed by atoms with van der Waals surface area (Å²) in [7, 11) is 0. The van der Waals surface area contributed by atoms with E-state index in [1.807, 2.05) is 30.5 Å². The molecule has 0 fully saturated rings. The number of nitrogens with one attached hydrogen (secondary N) is 1. The molecule has 6 nitrogen and oxygen atoms in total. The smallest absolute Gasteiger partial charge is 0.229 e. The van der Waals surface area contributed by atoms with Crippen LogP contribution in [0.2, 0.25) is 0 Å². The predicted octanol–water partition coefficient (Wildman–Crippen LogP) is 4.70. The van der Waals surface area contributed by atoms with Crippen LogP contribution in [0, 0.1) is 17.2 Å². The largest absolute Gasteiger partial charge is 0.309 e. The van der Waals surface area contributed by atoms with Crippen molar-refractivity contribution in [1.82, 2.24) is 14.8 Å². The van der Waals surface area contributed by atoms with Crippen molar-refractivity contribution in [3.05, 3.63) is 76.7 Å².